The number of amides is 1. The summed E-state index contributed by atoms with van der Waals surface area (Å²) in [6.07, 6.45) is -0.402. The number of ether oxygens (including phenoxy) is 2. The lowest BCUT2D eigenvalue weighted by Crippen LogP contribution is -2.37. The molecule has 0 unspecified atom stereocenters. The van der Waals surface area contributed by atoms with Gasteiger partial charge in [-0.1, -0.05) is 24.0 Å². The minimum atomic E-state index is -0.402. The SMILES string of the molecule is COC(CN1C(=O)CSC1=S)OC. The van der Waals surface area contributed by atoms with Crippen molar-refractivity contribution in [2.75, 3.05) is 26.5 Å². The average Bonchev–Trinajstić information content (AvgIpc) is 2.44. The lowest BCUT2D eigenvalue weighted by Gasteiger charge is -2.20. The number of hydrogen-bond donors (Lipinski definition) is 0. The Bertz CT molecular complexity index is 202. The van der Waals surface area contributed by atoms with Gasteiger partial charge in [0.1, 0.15) is 4.32 Å². The highest BCUT2D eigenvalue weighted by Gasteiger charge is 2.28. The van der Waals surface area contributed by atoms with Gasteiger partial charge in [-0.3, -0.25) is 9.69 Å². The second-order valence-corrected chi connectivity index (χ2v) is 4.07. The third-order valence-corrected chi connectivity index (χ3v) is 3.13. The standard InChI is InChI=1S/C7H11NO3S2/c1-10-6(11-2)3-8-5(9)4-13-7(8)12/h6H,3-4H2,1-2H3. The Morgan fingerprint density at radius 2 is 2.23 bits per heavy atom. The predicted octanol–water partition coefficient (Wildman–Crippen LogP) is 0.466. The molecule has 1 heterocycles. The molecular formula is C7H11NO3S2. The molecule has 1 rings (SSSR count). The average molecular weight is 221 g/mol. The predicted molar refractivity (Wildman–Crippen MR) is 54.6 cm³/mol. The van der Waals surface area contributed by atoms with Crippen molar-refractivity contribution in [3.8, 4) is 0 Å². The van der Waals surface area contributed by atoms with Crippen LogP contribution in [0, 0.1) is 0 Å². The van der Waals surface area contributed by atoms with E-state index in [9.17, 15) is 4.79 Å². The Hall–Kier alpha value is -0.170. The Morgan fingerprint density at radius 1 is 1.62 bits per heavy atom. The Kier molecular flexibility index (Phi) is 4.11. The van der Waals surface area contributed by atoms with Crippen molar-refractivity contribution in [1.29, 1.82) is 0 Å². The van der Waals surface area contributed by atoms with Crippen molar-refractivity contribution in [3.05, 3.63) is 0 Å². The molecule has 6 heteroatoms. The van der Waals surface area contributed by atoms with Gasteiger partial charge in [-0.05, 0) is 0 Å². The van der Waals surface area contributed by atoms with E-state index in [1.54, 1.807) is 0 Å². The Balaban J connectivity index is 2.51. The third-order valence-electron chi connectivity index (χ3n) is 1.70. The second-order valence-electron chi connectivity index (χ2n) is 2.46. The molecule has 0 spiro atoms. The summed E-state index contributed by atoms with van der Waals surface area (Å²) in [6, 6.07) is 0. The highest BCUT2D eigenvalue weighted by Crippen LogP contribution is 2.19. The largest absolute Gasteiger partial charge is 0.354 e. The maximum absolute atomic E-state index is 11.3. The first-order chi connectivity index (χ1) is 6.19. The van der Waals surface area contributed by atoms with Crippen LogP contribution in [0.5, 0.6) is 0 Å². The molecule has 0 radical (unpaired) electrons. The molecule has 1 amide bonds. The first kappa shape index (κ1) is 10.9. The van der Waals surface area contributed by atoms with Crippen LogP contribution in [0.3, 0.4) is 0 Å². The quantitative estimate of drug-likeness (QED) is 0.509. The van der Waals surface area contributed by atoms with Crippen LogP contribution in [-0.2, 0) is 14.3 Å². The van der Waals surface area contributed by atoms with E-state index in [2.05, 4.69) is 0 Å². The first-order valence-electron chi connectivity index (χ1n) is 3.71. The molecule has 74 valence electrons. The number of thioether (sulfide) groups is 1. The van der Waals surface area contributed by atoms with Gasteiger partial charge in [0.25, 0.3) is 0 Å². The number of rotatable bonds is 4. The van der Waals surface area contributed by atoms with E-state index >= 15 is 0 Å². The van der Waals surface area contributed by atoms with Gasteiger partial charge in [-0.25, -0.2) is 0 Å². The second kappa shape index (κ2) is 4.90. The van der Waals surface area contributed by atoms with Gasteiger partial charge < -0.3 is 9.47 Å². The summed E-state index contributed by atoms with van der Waals surface area (Å²) in [6.45, 7) is 0.373. The monoisotopic (exact) mass is 221 g/mol. The maximum atomic E-state index is 11.3. The molecular weight excluding hydrogens is 210 g/mol. The van der Waals surface area contributed by atoms with Crippen LogP contribution in [0.2, 0.25) is 0 Å². The number of carbonyl (C=O) groups is 1. The molecule has 0 bridgehead atoms. The summed E-state index contributed by atoms with van der Waals surface area (Å²) < 4.78 is 10.5. The van der Waals surface area contributed by atoms with Crippen LogP contribution in [0.4, 0.5) is 0 Å². The van der Waals surface area contributed by atoms with Gasteiger partial charge in [0.05, 0.1) is 12.3 Å². The number of methoxy groups -OCH3 is 2. The van der Waals surface area contributed by atoms with Crippen molar-refractivity contribution >= 4 is 34.2 Å². The van der Waals surface area contributed by atoms with Crippen molar-refractivity contribution < 1.29 is 14.3 Å². The zero-order chi connectivity index (χ0) is 9.84. The zero-order valence-electron chi connectivity index (χ0n) is 7.48. The van der Waals surface area contributed by atoms with E-state index in [-0.39, 0.29) is 5.91 Å². The molecule has 0 N–H and O–H groups in total. The van der Waals surface area contributed by atoms with E-state index in [4.69, 9.17) is 21.7 Å². The van der Waals surface area contributed by atoms with Gasteiger partial charge in [0.15, 0.2) is 6.29 Å². The van der Waals surface area contributed by atoms with E-state index in [0.717, 1.165) is 0 Å². The van der Waals surface area contributed by atoms with Crippen LogP contribution in [0.1, 0.15) is 0 Å². The van der Waals surface area contributed by atoms with Gasteiger partial charge in [-0.2, -0.15) is 0 Å². The van der Waals surface area contributed by atoms with Crippen molar-refractivity contribution in [1.82, 2.24) is 4.90 Å². The number of thiocarbonyl (C=S) groups is 1. The van der Waals surface area contributed by atoms with Gasteiger partial charge >= 0.3 is 0 Å². The fourth-order valence-corrected chi connectivity index (χ4v) is 2.04. The van der Waals surface area contributed by atoms with Crippen molar-refractivity contribution in [2.45, 2.75) is 6.29 Å². The summed E-state index contributed by atoms with van der Waals surface area (Å²) >= 11 is 6.36. The van der Waals surface area contributed by atoms with Crippen LogP contribution in [0.15, 0.2) is 0 Å². The summed E-state index contributed by atoms with van der Waals surface area (Å²) in [4.78, 5) is 12.8. The van der Waals surface area contributed by atoms with Gasteiger partial charge in [0.2, 0.25) is 5.91 Å². The van der Waals surface area contributed by atoms with Crippen molar-refractivity contribution in [3.63, 3.8) is 0 Å². The number of nitrogens with zero attached hydrogens (tertiary/aromatic N) is 1. The molecule has 0 aromatic rings. The lowest BCUT2D eigenvalue weighted by atomic mass is 10.5. The fraction of sp³-hybridized carbons (Fsp3) is 0.714. The summed E-state index contributed by atoms with van der Waals surface area (Å²) in [5.74, 6) is 0.452. The summed E-state index contributed by atoms with van der Waals surface area (Å²) in [5, 5.41) is 0. The molecule has 0 aromatic carbocycles. The van der Waals surface area contributed by atoms with Crippen LogP contribution in [0.25, 0.3) is 0 Å². The smallest absolute Gasteiger partial charge is 0.238 e. The molecule has 1 aliphatic rings. The highest BCUT2D eigenvalue weighted by molar-refractivity contribution is 8.23. The summed E-state index contributed by atoms with van der Waals surface area (Å²) in [5.41, 5.74) is 0. The molecule has 4 nitrogen and oxygen atoms in total. The van der Waals surface area contributed by atoms with Gasteiger partial charge in [0, 0.05) is 14.2 Å². The minimum absolute atomic E-state index is 0.0223. The molecule has 1 saturated heterocycles. The molecule has 0 aromatic heterocycles. The molecule has 1 fully saturated rings. The fourth-order valence-electron chi connectivity index (χ4n) is 0.952. The zero-order valence-corrected chi connectivity index (χ0v) is 9.11. The molecule has 13 heavy (non-hydrogen) atoms. The van der Waals surface area contributed by atoms with E-state index in [1.165, 1.54) is 30.9 Å². The third kappa shape index (κ3) is 2.63. The Labute approximate surface area is 86.6 Å². The minimum Gasteiger partial charge on any atom is -0.354 e. The topological polar surface area (TPSA) is 38.8 Å². The van der Waals surface area contributed by atoms with Crippen molar-refractivity contribution in [2.24, 2.45) is 0 Å². The molecule has 0 saturated carbocycles. The Morgan fingerprint density at radius 3 is 2.62 bits per heavy atom. The highest BCUT2D eigenvalue weighted by atomic mass is 32.2. The number of carbonyl (C=O) groups excluding carboxylic acids is 1. The van der Waals surface area contributed by atoms with E-state index in [1.807, 2.05) is 0 Å². The van der Waals surface area contributed by atoms with E-state index < -0.39 is 6.29 Å². The van der Waals surface area contributed by atoms with Crippen LogP contribution in [-0.4, -0.2) is 47.9 Å². The van der Waals surface area contributed by atoms with E-state index in [0.29, 0.717) is 16.6 Å². The molecule has 0 atom stereocenters. The van der Waals surface area contributed by atoms with Crippen LogP contribution < -0.4 is 0 Å². The first-order valence-corrected chi connectivity index (χ1v) is 5.11. The normalized spacial score (nSPS) is 17.6. The molecule has 1 aliphatic heterocycles. The molecule has 0 aliphatic carbocycles. The number of hydrogen-bond acceptors (Lipinski definition) is 5. The summed E-state index contributed by atoms with van der Waals surface area (Å²) in [7, 11) is 3.07. The maximum Gasteiger partial charge on any atom is 0.238 e. The van der Waals surface area contributed by atoms with Crippen LogP contribution >= 0.6 is 24.0 Å². The lowest BCUT2D eigenvalue weighted by molar-refractivity contribution is -0.135. The van der Waals surface area contributed by atoms with Gasteiger partial charge in [-0.15, -0.1) is 0 Å².